The number of fused-ring (bicyclic) bond motifs is 1. The molecule has 6 nitrogen and oxygen atoms in total. The van der Waals surface area contributed by atoms with Gasteiger partial charge in [0.2, 0.25) is 5.78 Å². The number of hydrogen-bond donors (Lipinski definition) is 1. The van der Waals surface area contributed by atoms with E-state index in [1.165, 1.54) is 29.2 Å². The molecule has 1 aliphatic heterocycles. The van der Waals surface area contributed by atoms with Crippen LogP contribution in [0.2, 0.25) is 5.02 Å². The summed E-state index contributed by atoms with van der Waals surface area (Å²) in [6.45, 7) is 1.69. The van der Waals surface area contributed by atoms with Gasteiger partial charge in [-0.2, -0.15) is 0 Å². The fraction of sp³-hybridized carbons (Fsp3) is 0.0870. The molecule has 32 heavy (non-hydrogen) atoms. The van der Waals surface area contributed by atoms with E-state index >= 15 is 0 Å². The maximum Gasteiger partial charge on any atom is 0.296 e. The first-order chi connectivity index (χ1) is 15.3. The molecule has 1 amide bonds. The normalized spacial score (nSPS) is 16.4. The van der Waals surface area contributed by atoms with E-state index in [4.69, 9.17) is 16.0 Å². The molecule has 3 heterocycles. The van der Waals surface area contributed by atoms with E-state index in [2.05, 4.69) is 4.98 Å². The number of hydrogen-bond acceptors (Lipinski definition) is 6. The van der Waals surface area contributed by atoms with Crippen LogP contribution in [0.5, 0.6) is 0 Å². The monoisotopic (exact) mass is 468 g/mol. The molecular weight excluding hydrogens is 455 g/mol. The number of furan rings is 1. The first kappa shape index (κ1) is 20.4. The molecule has 1 aliphatic rings. The lowest BCUT2D eigenvalue weighted by Crippen LogP contribution is -2.30. The predicted octanol–water partition coefficient (Wildman–Crippen LogP) is 5.77. The van der Waals surface area contributed by atoms with Crippen molar-refractivity contribution in [3.63, 3.8) is 0 Å². The average molecular weight is 469 g/mol. The van der Waals surface area contributed by atoms with Crippen LogP contribution in [0.4, 0.5) is 9.52 Å². The van der Waals surface area contributed by atoms with Crippen molar-refractivity contribution in [1.82, 2.24) is 4.98 Å². The second-order valence-electron chi connectivity index (χ2n) is 7.24. The first-order valence-electron chi connectivity index (χ1n) is 9.53. The van der Waals surface area contributed by atoms with Gasteiger partial charge in [-0.15, -0.1) is 0 Å². The van der Waals surface area contributed by atoms with Crippen LogP contribution in [0.25, 0.3) is 10.2 Å². The third-order valence-corrected chi connectivity index (χ3v) is 6.38. The lowest BCUT2D eigenvalue weighted by Gasteiger charge is -2.24. The molecule has 0 radical (unpaired) electrons. The number of amides is 1. The summed E-state index contributed by atoms with van der Waals surface area (Å²) < 4.78 is 19.7. The van der Waals surface area contributed by atoms with E-state index in [1.807, 2.05) is 0 Å². The van der Waals surface area contributed by atoms with E-state index in [1.54, 1.807) is 37.3 Å². The number of ketones is 1. The molecule has 160 valence electrons. The smallest absolute Gasteiger partial charge is 0.296 e. The third kappa shape index (κ3) is 3.28. The summed E-state index contributed by atoms with van der Waals surface area (Å²) in [4.78, 5) is 32.1. The third-order valence-electron chi connectivity index (χ3n) is 5.13. The number of nitrogens with zero attached hydrogens (tertiary/aromatic N) is 2. The van der Waals surface area contributed by atoms with Gasteiger partial charge in [0.05, 0.1) is 21.8 Å². The Balaban J connectivity index is 1.69. The summed E-state index contributed by atoms with van der Waals surface area (Å²) in [7, 11) is 0. The van der Waals surface area contributed by atoms with E-state index in [0.717, 1.165) is 11.3 Å². The zero-order chi connectivity index (χ0) is 22.6. The highest BCUT2D eigenvalue weighted by Crippen LogP contribution is 2.44. The van der Waals surface area contributed by atoms with Gasteiger partial charge in [0.25, 0.3) is 5.91 Å². The van der Waals surface area contributed by atoms with Crippen molar-refractivity contribution >= 4 is 50.0 Å². The number of aryl methyl sites for hydroxylation is 1. The Morgan fingerprint density at radius 1 is 1.22 bits per heavy atom. The fourth-order valence-electron chi connectivity index (χ4n) is 3.71. The number of benzene rings is 2. The van der Waals surface area contributed by atoms with Crippen molar-refractivity contribution in [2.45, 2.75) is 13.0 Å². The van der Waals surface area contributed by atoms with E-state index < -0.39 is 29.3 Å². The Bertz CT molecular complexity index is 1440. The molecule has 1 N–H and O–H groups in total. The van der Waals surface area contributed by atoms with Crippen molar-refractivity contribution in [1.29, 1.82) is 0 Å². The van der Waals surface area contributed by atoms with Gasteiger partial charge in [-0.3, -0.25) is 14.5 Å². The van der Waals surface area contributed by atoms with Gasteiger partial charge in [-0.25, -0.2) is 9.37 Å². The van der Waals surface area contributed by atoms with E-state index in [-0.39, 0.29) is 16.5 Å². The van der Waals surface area contributed by atoms with Gasteiger partial charge in [0.1, 0.15) is 11.6 Å². The first-order valence-corrected chi connectivity index (χ1v) is 10.7. The van der Waals surface area contributed by atoms with Crippen LogP contribution >= 0.6 is 22.9 Å². The van der Waals surface area contributed by atoms with Gasteiger partial charge in [-0.1, -0.05) is 35.1 Å². The number of rotatable bonds is 4. The minimum atomic E-state index is -0.996. The van der Waals surface area contributed by atoms with Crippen LogP contribution in [0.15, 0.2) is 70.3 Å². The molecule has 2 aromatic heterocycles. The Morgan fingerprint density at radius 3 is 2.75 bits per heavy atom. The summed E-state index contributed by atoms with van der Waals surface area (Å²) >= 11 is 7.26. The van der Waals surface area contributed by atoms with Crippen molar-refractivity contribution in [3.8, 4) is 0 Å². The molecular formula is C23H14ClFN2O4S. The molecule has 0 spiro atoms. The van der Waals surface area contributed by atoms with E-state index in [9.17, 15) is 19.1 Å². The second kappa shape index (κ2) is 7.58. The highest BCUT2D eigenvalue weighted by Gasteiger charge is 2.46. The summed E-state index contributed by atoms with van der Waals surface area (Å²) in [5.74, 6) is -2.03. The number of carbonyl (C=O) groups excluding carboxylic acids is 2. The van der Waals surface area contributed by atoms with Gasteiger partial charge in [0, 0.05) is 5.02 Å². The Kier molecular flexibility index (Phi) is 4.83. The number of anilines is 1. The zero-order valence-electron chi connectivity index (χ0n) is 16.5. The Labute approximate surface area is 190 Å². The average Bonchev–Trinajstić information content (AvgIpc) is 3.44. The SMILES string of the molecule is Cc1ccc(C(=O)C2=C(O)C(=O)N(c3nc4ccc(F)cc4s3)C2c2cccc(Cl)c2)o1. The second-order valence-corrected chi connectivity index (χ2v) is 8.69. The Hall–Kier alpha value is -3.49. The van der Waals surface area contributed by atoms with Crippen LogP contribution in [-0.2, 0) is 4.79 Å². The van der Waals surface area contributed by atoms with Crippen LogP contribution < -0.4 is 4.90 Å². The molecule has 1 unspecified atom stereocenters. The van der Waals surface area contributed by atoms with Gasteiger partial charge < -0.3 is 9.52 Å². The standard InChI is InChI=1S/C23H14ClFN2O4S/c1-11-5-8-16(31-11)20(28)18-19(12-3-2-4-13(24)9-12)27(22(30)21(18)29)23-26-15-7-6-14(25)10-17(15)32-23/h2-10,19,29H,1H3. The molecule has 0 saturated heterocycles. The molecule has 0 bridgehead atoms. The van der Waals surface area contributed by atoms with Crippen LogP contribution in [0.1, 0.15) is 27.9 Å². The highest BCUT2D eigenvalue weighted by molar-refractivity contribution is 7.22. The molecule has 0 aliphatic carbocycles. The number of Topliss-reactive ketones (excluding diaryl/α,β-unsaturated/α-hetero) is 1. The molecule has 5 rings (SSSR count). The van der Waals surface area contributed by atoms with Crippen LogP contribution in [-0.4, -0.2) is 21.8 Å². The van der Waals surface area contributed by atoms with Crippen molar-refractivity contribution in [2.75, 3.05) is 4.90 Å². The lowest BCUT2D eigenvalue weighted by atomic mass is 9.95. The largest absolute Gasteiger partial charge is 0.503 e. The highest BCUT2D eigenvalue weighted by atomic mass is 35.5. The molecule has 9 heteroatoms. The minimum Gasteiger partial charge on any atom is -0.503 e. The summed E-state index contributed by atoms with van der Waals surface area (Å²) in [6, 6.07) is 12.9. The van der Waals surface area contributed by atoms with Crippen LogP contribution in [0.3, 0.4) is 0 Å². The number of aliphatic hydroxyl groups excluding tert-OH is 1. The number of aromatic nitrogens is 1. The van der Waals surface area contributed by atoms with Crippen molar-refractivity contribution in [2.24, 2.45) is 0 Å². The molecule has 1 atom stereocenters. The maximum absolute atomic E-state index is 13.7. The van der Waals surface area contributed by atoms with Crippen molar-refractivity contribution < 1.29 is 23.5 Å². The predicted molar refractivity (Wildman–Crippen MR) is 119 cm³/mol. The van der Waals surface area contributed by atoms with Crippen molar-refractivity contribution in [3.05, 3.63) is 93.9 Å². The quantitative estimate of drug-likeness (QED) is 0.384. The summed E-state index contributed by atoms with van der Waals surface area (Å²) in [5, 5.41) is 11.4. The Morgan fingerprint density at radius 2 is 2.03 bits per heavy atom. The number of halogens is 2. The lowest BCUT2D eigenvalue weighted by molar-refractivity contribution is -0.117. The minimum absolute atomic E-state index is 0.00269. The topological polar surface area (TPSA) is 83.6 Å². The number of aliphatic hydroxyl groups is 1. The number of carbonyl (C=O) groups is 2. The summed E-state index contributed by atoms with van der Waals surface area (Å²) in [5.41, 5.74) is 0.856. The zero-order valence-corrected chi connectivity index (χ0v) is 18.1. The molecule has 2 aromatic carbocycles. The van der Waals surface area contributed by atoms with Crippen LogP contribution in [0, 0.1) is 12.7 Å². The molecule has 4 aromatic rings. The van der Waals surface area contributed by atoms with Gasteiger partial charge >= 0.3 is 0 Å². The molecule has 0 fully saturated rings. The van der Waals surface area contributed by atoms with E-state index in [0.29, 0.717) is 26.6 Å². The maximum atomic E-state index is 13.7. The van der Waals surface area contributed by atoms with Gasteiger partial charge in [-0.05, 0) is 55.0 Å². The fourth-order valence-corrected chi connectivity index (χ4v) is 4.92. The van der Waals surface area contributed by atoms with Gasteiger partial charge in [0.15, 0.2) is 16.7 Å². The summed E-state index contributed by atoms with van der Waals surface area (Å²) in [6.07, 6.45) is 0. The molecule has 0 saturated carbocycles. The number of thiazole rings is 1.